The summed E-state index contributed by atoms with van der Waals surface area (Å²) < 4.78 is 7.08. The van der Waals surface area contributed by atoms with Crippen LogP contribution in [0.5, 0.6) is 5.75 Å². The number of benzene rings is 4. The number of carbonyl (C=O) groups is 1. The number of fused-ring (bicyclic) bond motifs is 1. The summed E-state index contributed by atoms with van der Waals surface area (Å²) in [5.41, 5.74) is 2.08. The van der Waals surface area contributed by atoms with Crippen molar-refractivity contribution in [1.29, 1.82) is 0 Å². The van der Waals surface area contributed by atoms with Gasteiger partial charge in [0, 0.05) is 0 Å². The van der Waals surface area contributed by atoms with E-state index in [1.54, 1.807) is 0 Å². The topological polar surface area (TPSA) is 26.3 Å². The summed E-state index contributed by atoms with van der Waals surface area (Å²) in [6.07, 6.45) is -0.537. The SMILES string of the molecule is CC(Oc1ccccc1)C(=O)c1ccc2ccccc2c1[Se]Cc1ccccc1. The molecule has 4 aromatic rings. The first-order valence-electron chi connectivity index (χ1n) is 9.67. The van der Waals surface area contributed by atoms with Gasteiger partial charge in [-0.3, -0.25) is 0 Å². The number of hydrogen-bond donors (Lipinski definition) is 0. The minimum atomic E-state index is -0.537. The van der Waals surface area contributed by atoms with Crippen LogP contribution in [-0.4, -0.2) is 26.8 Å². The van der Waals surface area contributed by atoms with Crippen molar-refractivity contribution in [2.75, 3.05) is 0 Å². The molecule has 0 spiro atoms. The van der Waals surface area contributed by atoms with Crippen LogP contribution >= 0.6 is 0 Å². The number of ketones is 1. The van der Waals surface area contributed by atoms with E-state index in [0.29, 0.717) is 5.75 Å². The molecule has 0 aliphatic heterocycles. The number of rotatable bonds is 7. The standard InChI is InChI=1S/C26H22O2Se/c1-19(28-22-13-6-3-7-14-22)25(27)24-17-16-21-12-8-9-15-23(21)26(24)29-18-20-10-4-2-5-11-20/h2-17,19H,18H2,1H3. The van der Waals surface area contributed by atoms with Gasteiger partial charge >= 0.3 is 178 Å². The van der Waals surface area contributed by atoms with Crippen molar-refractivity contribution in [3.05, 3.63) is 108 Å². The first-order chi connectivity index (χ1) is 14.2. The molecule has 2 nitrogen and oxygen atoms in total. The van der Waals surface area contributed by atoms with Crippen molar-refractivity contribution in [3.63, 3.8) is 0 Å². The zero-order chi connectivity index (χ0) is 20.1. The Morgan fingerprint density at radius 1 is 0.828 bits per heavy atom. The first kappa shape index (κ1) is 19.4. The molecule has 0 fully saturated rings. The summed E-state index contributed by atoms with van der Waals surface area (Å²) in [7, 11) is 0. The molecule has 4 aromatic carbocycles. The molecule has 0 bridgehead atoms. The Morgan fingerprint density at radius 2 is 1.48 bits per heavy atom. The van der Waals surface area contributed by atoms with Crippen LogP contribution in [0.25, 0.3) is 10.8 Å². The van der Waals surface area contributed by atoms with Crippen LogP contribution in [0.2, 0.25) is 0 Å². The van der Waals surface area contributed by atoms with E-state index in [1.807, 2.05) is 67.6 Å². The normalized spacial score (nSPS) is 11.9. The predicted molar refractivity (Wildman–Crippen MR) is 120 cm³/mol. The third-order valence-corrected chi connectivity index (χ3v) is 7.33. The molecule has 1 atom stereocenters. The number of ether oxygens (including phenoxy) is 1. The molecule has 0 aromatic heterocycles. The molecule has 4 rings (SSSR count). The Labute approximate surface area is 177 Å². The minimum absolute atomic E-state index is 0.0320. The van der Waals surface area contributed by atoms with Crippen LogP contribution in [-0.2, 0) is 5.32 Å². The Morgan fingerprint density at radius 3 is 2.24 bits per heavy atom. The van der Waals surface area contributed by atoms with Gasteiger partial charge in [-0.05, 0) is 0 Å². The Bertz CT molecular complexity index is 1110. The Hall–Kier alpha value is -2.87. The average molecular weight is 445 g/mol. The van der Waals surface area contributed by atoms with Crippen LogP contribution in [0.1, 0.15) is 22.8 Å². The molecule has 0 saturated heterocycles. The predicted octanol–water partition coefficient (Wildman–Crippen LogP) is 5.02. The summed E-state index contributed by atoms with van der Waals surface area (Å²) in [6.45, 7) is 1.83. The van der Waals surface area contributed by atoms with E-state index in [4.69, 9.17) is 4.74 Å². The van der Waals surface area contributed by atoms with Gasteiger partial charge in [0.15, 0.2) is 0 Å². The molecule has 0 heterocycles. The van der Waals surface area contributed by atoms with Gasteiger partial charge in [0.2, 0.25) is 0 Å². The van der Waals surface area contributed by atoms with Crippen molar-refractivity contribution >= 4 is 36.0 Å². The van der Waals surface area contributed by atoms with Crippen LogP contribution in [0.3, 0.4) is 0 Å². The van der Waals surface area contributed by atoms with E-state index >= 15 is 0 Å². The van der Waals surface area contributed by atoms with Crippen LogP contribution in [0.4, 0.5) is 0 Å². The molecular formula is C26H22O2Se. The molecule has 0 saturated carbocycles. The quantitative estimate of drug-likeness (QED) is 0.295. The number of carbonyl (C=O) groups excluding carboxylic acids is 1. The van der Waals surface area contributed by atoms with Crippen LogP contribution in [0, 0.1) is 0 Å². The number of Topliss-reactive ketones (excluding diaryl/α,β-unsaturated/α-hetero) is 1. The number of hydrogen-bond acceptors (Lipinski definition) is 2. The summed E-state index contributed by atoms with van der Waals surface area (Å²) in [4.78, 5) is 13.3. The van der Waals surface area contributed by atoms with Crippen molar-refractivity contribution in [3.8, 4) is 5.75 Å². The van der Waals surface area contributed by atoms with Gasteiger partial charge in [-0.2, -0.15) is 0 Å². The van der Waals surface area contributed by atoms with Crippen molar-refractivity contribution in [1.82, 2.24) is 0 Å². The van der Waals surface area contributed by atoms with E-state index in [2.05, 4.69) is 36.4 Å². The number of para-hydroxylation sites is 1. The second-order valence-corrected chi connectivity index (χ2v) is 8.94. The zero-order valence-corrected chi connectivity index (χ0v) is 18.0. The maximum atomic E-state index is 13.3. The third kappa shape index (κ3) is 4.59. The van der Waals surface area contributed by atoms with Gasteiger partial charge in [-0.15, -0.1) is 0 Å². The molecule has 3 heteroatoms. The summed E-state index contributed by atoms with van der Waals surface area (Å²) >= 11 is 0.139. The van der Waals surface area contributed by atoms with Gasteiger partial charge in [-0.25, -0.2) is 0 Å². The monoisotopic (exact) mass is 446 g/mol. The Balaban J connectivity index is 1.66. The molecule has 29 heavy (non-hydrogen) atoms. The molecular weight excluding hydrogens is 423 g/mol. The molecule has 0 radical (unpaired) electrons. The van der Waals surface area contributed by atoms with Gasteiger partial charge in [-0.1, -0.05) is 0 Å². The average Bonchev–Trinajstić information content (AvgIpc) is 2.78. The van der Waals surface area contributed by atoms with Gasteiger partial charge in [0.1, 0.15) is 0 Å². The molecule has 0 aliphatic carbocycles. The molecule has 0 N–H and O–H groups in total. The second kappa shape index (κ2) is 9.09. The summed E-state index contributed by atoms with van der Waals surface area (Å²) in [5, 5.41) is 3.29. The molecule has 144 valence electrons. The second-order valence-electron chi connectivity index (χ2n) is 6.88. The third-order valence-electron chi connectivity index (χ3n) is 4.80. The maximum absolute atomic E-state index is 13.3. The molecule has 0 aliphatic rings. The first-order valence-corrected chi connectivity index (χ1v) is 11.7. The van der Waals surface area contributed by atoms with Gasteiger partial charge < -0.3 is 0 Å². The fraction of sp³-hybridized carbons (Fsp3) is 0.115. The fourth-order valence-electron chi connectivity index (χ4n) is 3.30. The van der Waals surface area contributed by atoms with E-state index in [1.165, 1.54) is 16.3 Å². The summed E-state index contributed by atoms with van der Waals surface area (Å²) in [5.74, 6) is 0.745. The van der Waals surface area contributed by atoms with E-state index in [0.717, 1.165) is 15.3 Å². The van der Waals surface area contributed by atoms with Gasteiger partial charge in [0.05, 0.1) is 0 Å². The van der Waals surface area contributed by atoms with Crippen molar-refractivity contribution in [2.24, 2.45) is 0 Å². The van der Waals surface area contributed by atoms with Crippen molar-refractivity contribution in [2.45, 2.75) is 18.3 Å². The van der Waals surface area contributed by atoms with Crippen LogP contribution < -0.4 is 9.20 Å². The fourth-order valence-corrected chi connectivity index (χ4v) is 5.75. The Kier molecular flexibility index (Phi) is 6.09. The van der Waals surface area contributed by atoms with E-state index < -0.39 is 6.10 Å². The summed E-state index contributed by atoms with van der Waals surface area (Å²) in [6, 6.07) is 32.3. The van der Waals surface area contributed by atoms with E-state index in [9.17, 15) is 4.79 Å². The zero-order valence-electron chi connectivity index (χ0n) is 16.2. The van der Waals surface area contributed by atoms with Crippen LogP contribution in [0.15, 0.2) is 97.1 Å². The molecule has 0 amide bonds. The van der Waals surface area contributed by atoms with Crippen molar-refractivity contribution < 1.29 is 9.53 Å². The van der Waals surface area contributed by atoms with E-state index in [-0.39, 0.29) is 20.7 Å². The molecule has 1 unspecified atom stereocenters. The van der Waals surface area contributed by atoms with Gasteiger partial charge in [0.25, 0.3) is 0 Å².